The van der Waals surface area contributed by atoms with Crippen LogP contribution in [0.4, 0.5) is 13.2 Å². The fourth-order valence-electron chi connectivity index (χ4n) is 3.30. The molecule has 1 saturated carbocycles. The first-order valence-corrected chi connectivity index (χ1v) is 6.92. The van der Waals surface area contributed by atoms with E-state index in [4.69, 9.17) is 5.73 Å². The van der Waals surface area contributed by atoms with Crippen molar-refractivity contribution < 1.29 is 18.0 Å². The first-order valence-electron chi connectivity index (χ1n) is 6.92. The van der Waals surface area contributed by atoms with Gasteiger partial charge in [-0.25, -0.2) is 0 Å². The molecule has 2 N–H and O–H groups in total. The van der Waals surface area contributed by atoms with E-state index < -0.39 is 17.6 Å². The number of piperidine rings is 1. The molecular formula is C13H21F3N2O. The standard InChI is InChI=1S/C13H21F3N2O/c1-12(17,13(14,15)16)11(19)18-8-4-6-9-5-2-3-7-10(9)18/h9-10H,2-8,17H2,1H3/t9-,10-,12?/m1/s1. The molecule has 1 heterocycles. The number of nitrogens with zero attached hydrogens (tertiary/aromatic N) is 1. The monoisotopic (exact) mass is 278 g/mol. The third-order valence-corrected chi connectivity index (χ3v) is 4.54. The van der Waals surface area contributed by atoms with Crippen molar-refractivity contribution in [3.8, 4) is 0 Å². The fourth-order valence-corrected chi connectivity index (χ4v) is 3.30. The van der Waals surface area contributed by atoms with Crippen molar-refractivity contribution in [3.05, 3.63) is 0 Å². The smallest absolute Gasteiger partial charge is 0.338 e. The number of alkyl halides is 3. The van der Waals surface area contributed by atoms with Crippen molar-refractivity contribution in [3.63, 3.8) is 0 Å². The van der Waals surface area contributed by atoms with Crippen LogP contribution < -0.4 is 5.73 Å². The molecule has 0 spiro atoms. The van der Waals surface area contributed by atoms with E-state index in [1.54, 1.807) is 0 Å². The van der Waals surface area contributed by atoms with Gasteiger partial charge >= 0.3 is 6.18 Å². The second-order valence-corrected chi connectivity index (χ2v) is 5.95. The molecule has 0 aromatic rings. The minimum Gasteiger partial charge on any atom is -0.338 e. The number of rotatable bonds is 1. The predicted octanol–water partition coefficient (Wildman–Crippen LogP) is 2.45. The molecule has 2 aliphatic rings. The summed E-state index contributed by atoms with van der Waals surface area (Å²) in [6.07, 6.45) is 1.01. The quantitative estimate of drug-likeness (QED) is 0.801. The highest BCUT2D eigenvalue weighted by Gasteiger charge is 2.56. The predicted molar refractivity (Wildman–Crippen MR) is 65.3 cm³/mol. The van der Waals surface area contributed by atoms with Crippen LogP contribution in [0.25, 0.3) is 0 Å². The molecule has 6 heteroatoms. The first-order chi connectivity index (χ1) is 8.75. The Morgan fingerprint density at radius 2 is 1.74 bits per heavy atom. The Hall–Kier alpha value is -0.780. The van der Waals surface area contributed by atoms with Gasteiger partial charge in [0, 0.05) is 12.6 Å². The Kier molecular flexibility index (Phi) is 3.82. The van der Waals surface area contributed by atoms with Crippen molar-refractivity contribution >= 4 is 5.91 Å². The van der Waals surface area contributed by atoms with Crippen molar-refractivity contribution in [2.75, 3.05) is 6.54 Å². The first kappa shape index (κ1) is 14.6. The number of halogens is 3. The third-order valence-electron chi connectivity index (χ3n) is 4.54. The van der Waals surface area contributed by atoms with Crippen molar-refractivity contribution in [2.45, 2.75) is 63.2 Å². The molecule has 2 rings (SSSR count). The molecular weight excluding hydrogens is 257 g/mol. The minimum absolute atomic E-state index is 0.0415. The van der Waals surface area contributed by atoms with Gasteiger partial charge in [-0.1, -0.05) is 12.8 Å². The maximum Gasteiger partial charge on any atom is 0.415 e. The van der Waals surface area contributed by atoms with Crippen LogP contribution in [0.3, 0.4) is 0 Å². The minimum atomic E-state index is -4.70. The summed E-state index contributed by atoms with van der Waals surface area (Å²) in [5, 5.41) is 0. The SMILES string of the molecule is CC(N)(C(=O)N1CCC[C@H]2CCCC[C@H]21)C(F)(F)F. The summed E-state index contributed by atoms with van der Waals surface area (Å²) < 4.78 is 38.7. The highest BCUT2D eigenvalue weighted by Crippen LogP contribution is 2.38. The average molecular weight is 278 g/mol. The molecule has 0 radical (unpaired) electrons. The molecule has 0 aromatic heterocycles. The van der Waals surface area contributed by atoms with E-state index >= 15 is 0 Å². The summed E-state index contributed by atoms with van der Waals surface area (Å²) in [6.45, 7) is 1.19. The average Bonchev–Trinajstić information content (AvgIpc) is 2.36. The van der Waals surface area contributed by atoms with Crippen LogP contribution in [0.2, 0.25) is 0 Å². The molecule has 0 bridgehead atoms. The van der Waals surface area contributed by atoms with Gasteiger partial charge in [-0.05, 0) is 38.5 Å². The molecule has 1 saturated heterocycles. The third kappa shape index (κ3) is 2.59. The molecule has 1 aliphatic heterocycles. The summed E-state index contributed by atoms with van der Waals surface area (Å²) in [5.41, 5.74) is 2.50. The number of likely N-dealkylation sites (tertiary alicyclic amines) is 1. The maximum atomic E-state index is 12.9. The summed E-state index contributed by atoms with van der Waals surface area (Å²) >= 11 is 0. The zero-order valence-corrected chi connectivity index (χ0v) is 11.2. The lowest BCUT2D eigenvalue weighted by molar-refractivity contribution is -0.197. The van der Waals surface area contributed by atoms with Crippen LogP contribution in [0.1, 0.15) is 45.4 Å². The van der Waals surface area contributed by atoms with Gasteiger partial charge in [0.15, 0.2) is 5.54 Å². The van der Waals surface area contributed by atoms with Gasteiger partial charge in [-0.2, -0.15) is 13.2 Å². The van der Waals surface area contributed by atoms with E-state index in [-0.39, 0.29) is 6.04 Å². The lowest BCUT2D eigenvalue weighted by atomic mass is 9.77. The summed E-state index contributed by atoms with van der Waals surface area (Å²) in [6, 6.07) is -0.0415. The molecule has 3 nitrogen and oxygen atoms in total. The number of amides is 1. The van der Waals surface area contributed by atoms with Crippen molar-refractivity contribution in [1.82, 2.24) is 4.90 Å². The van der Waals surface area contributed by atoms with Gasteiger partial charge < -0.3 is 10.6 Å². The molecule has 19 heavy (non-hydrogen) atoms. The highest BCUT2D eigenvalue weighted by atomic mass is 19.4. The molecule has 1 unspecified atom stereocenters. The molecule has 1 amide bonds. The van der Waals surface area contributed by atoms with E-state index in [0.29, 0.717) is 12.5 Å². The zero-order chi connectivity index (χ0) is 14.3. The van der Waals surface area contributed by atoms with Crippen LogP contribution in [-0.4, -0.2) is 35.1 Å². The molecule has 1 aliphatic carbocycles. The molecule has 3 atom stereocenters. The molecule has 0 aromatic carbocycles. The molecule has 2 fully saturated rings. The second kappa shape index (κ2) is 4.96. The van der Waals surface area contributed by atoms with E-state index in [9.17, 15) is 18.0 Å². The van der Waals surface area contributed by atoms with E-state index in [1.165, 1.54) is 4.90 Å². The number of hydrogen-bond acceptors (Lipinski definition) is 2. The Morgan fingerprint density at radius 3 is 2.37 bits per heavy atom. The number of carbonyl (C=O) groups excluding carboxylic acids is 1. The lowest BCUT2D eigenvalue weighted by Gasteiger charge is -2.46. The van der Waals surface area contributed by atoms with E-state index in [0.717, 1.165) is 45.4 Å². The molecule has 110 valence electrons. The van der Waals surface area contributed by atoms with Crippen LogP contribution >= 0.6 is 0 Å². The van der Waals surface area contributed by atoms with E-state index in [1.807, 2.05) is 0 Å². The van der Waals surface area contributed by atoms with Gasteiger partial charge in [-0.15, -0.1) is 0 Å². The van der Waals surface area contributed by atoms with Gasteiger partial charge in [-0.3, -0.25) is 4.79 Å². The Balaban J connectivity index is 2.18. The summed E-state index contributed by atoms with van der Waals surface area (Å²) in [4.78, 5) is 13.6. The number of hydrogen-bond donors (Lipinski definition) is 1. The van der Waals surface area contributed by atoms with Crippen LogP contribution in [-0.2, 0) is 4.79 Å². The zero-order valence-electron chi connectivity index (χ0n) is 11.2. The van der Waals surface area contributed by atoms with Crippen LogP contribution in [0.5, 0.6) is 0 Å². The number of nitrogens with two attached hydrogens (primary N) is 1. The van der Waals surface area contributed by atoms with Crippen molar-refractivity contribution in [2.24, 2.45) is 11.7 Å². The highest BCUT2D eigenvalue weighted by molar-refractivity contribution is 5.87. The summed E-state index contributed by atoms with van der Waals surface area (Å²) in [7, 11) is 0. The maximum absolute atomic E-state index is 12.9. The van der Waals surface area contributed by atoms with Gasteiger partial charge in [0.05, 0.1) is 0 Å². The van der Waals surface area contributed by atoms with Gasteiger partial charge in [0.1, 0.15) is 0 Å². The van der Waals surface area contributed by atoms with Crippen LogP contribution in [0, 0.1) is 5.92 Å². The Labute approximate surface area is 111 Å². The normalized spacial score (nSPS) is 31.5. The Bertz CT molecular complexity index is 352. The Morgan fingerprint density at radius 1 is 1.16 bits per heavy atom. The number of fused-ring (bicyclic) bond motifs is 1. The second-order valence-electron chi connectivity index (χ2n) is 5.95. The van der Waals surface area contributed by atoms with E-state index in [2.05, 4.69) is 0 Å². The van der Waals surface area contributed by atoms with Crippen molar-refractivity contribution in [1.29, 1.82) is 0 Å². The van der Waals surface area contributed by atoms with Crippen LogP contribution in [0.15, 0.2) is 0 Å². The fraction of sp³-hybridized carbons (Fsp3) is 0.923. The topological polar surface area (TPSA) is 46.3 Å². The lowest BCUT2D eigenvalue weighted by Crippen LogP contribution is -2.65. The largest absolute Gasteiger partial charge is 0.415 e. The summed E-state index contributed by atoms with van der Waals surface area (Å²) in [5.74, 6) is -0.605. The van der Waals surface area contributed by atoms with Gasteiger partial charge in [0.25, 0.3) is 5.91 Å². The number of carbonyl (C=O) groups is 1. The van der Waals surface area contributed by atoms with Gasteiger partial charge in [0.2, 0.25) is 0 Å².